The summed E-state index contributed by atoms with van der Waals surface area (Å²) in [4.78, 5) is 0. The second-order valence-electron chi connectivity index (χ2n) is 2.26. The molecule has 0 radical (unpaired) electrons. The predicted molar refractivity (Wildman–Crippen MR) is 34.8 cm³/mol. The quantitative estimate of drug-likeness (QED) is 0.532. The van der Waals surface area contributed by atoms with E-state index in [4.69, 9.17) is 0 Å². The van der Waals surface area contributed by atoms with Gasteiger partial charge in [0.1, 0.15) is 0 Å². The van der Waals surface area contributed by atoms with Gasteiger partial charge in [0.25, 0.3) is 0 Å². The number of halogens is 3. The molecule has 62 valence electrons. The summed E-state index contributed by atoms with van der Waals surface area (Å²) in [6.45, 7) is -2.42. The Balaban J connectivity index is 0. The van der Waals surface area contributed by atoms with Gasteiger partial charge in [0.15, 0.2) is 0 Å². The molecule has 0 aliphatic carbocycles. The van der Waals surface area contributed by atoms with E-state index < -0.39 is 13.5 Å². The van der Waals surface area contributed by atoms with Crippen molar-refractivity contribution in [3.8, 4) is 0 Å². The van der Waals surface area contributed by atoms with Gasteiger partial charge in [-0.3, -0.25) is 0 Å². The van der Waals surface area contributed by atoms with Crippen LogP contribution in [0.25, 0.3) is 0 Å². The summed E-state index contributed by atoms with van der Waals surface area (Å²) in [7, 11) is 0. The SMILES string of the molecule is CCC(C)OC[B-](F)(F)F.[K+]. The van der Waals surface area contributed by atoms with Crippen molar-refractivity contribution in [2.45, 2.75) is 26.4 Å². The van der Waals surface area contributed by atoms with Crippen LogP contribution in [-0.4, -0.2) is 19.6 Å². The van der Waals surface area contributed by atoms with Gasteiger partial charge in [0.05, 0.1) is 6.10 Å². The van der Waals surface area contributed by atoms with Gasteiger partial charge in [-0.1, -0.05) is 6.92 Å². The van der Waals surface area contributed by atoms with Gasteiger partial charge in [-0.25, -0.2) is 0 Å². The first-order valence-corrected chi connectivity index (χ1v) is 3.28. The van der Waals surface area contributed by atoms with E-state index in [1.807, 2.05) is 0 Å². The fraction of sp³-hybridized carbons (Fsp3) is 1.00. The first kappa shape index (κ1) is 14.9. The van der Waals surface area contributed by atoms with Crippen molar-refractivity contribution in [1.82, 2.24) is 0 Å². The summed E-state index contributed by atoms with van der Waals surface area (Å²) in [5.41, 5.74) is 0. The third-order valence-corrected chi connectivity index (χ3v) is 1.14. The number of ether oxygens (including phenoxy) is 1. The molecule has 0 aromatic carbocycles. The van der Waals surface area contributed by atoms with Crippen molar-refractivity contribution in [1.29, 1.82) is 0 Å². The molecule has 0 aromatic rings. The van der Waals surface area contributed by atoms with Gasteiger partial charge in [-0.2, -0.15) is 0 Å². The van der Waals surface area contributed by atoms with E-state index in [2.05, 4.69) is 4.74 Å². The fourth-order valence-corrected chi connectivity index (χ4v) is 0.391. The van der Waals surface area contributed by atoms with E-state index in [1.165, 1.54) is 0 Å². The Morgan fingerprint density at radius 1 is 1.36 bits per heavy atom. The zero-order chi connectivity index (χ0) is 8.20. The molecule has 0 spiro atoms. The van der Waals surface area contributed by atoms with Crippen LogP contribution >= 0.6 is 0 Å². The van der Waals surface area contributed by atoms with E-state index in [0.717, 1.165) is 0 Å². The molecule has 0 fully saturated rings. The largest absolute Gasteiger partial charge is 1.00 e. The van der Waals surface area contributed by atoms with Gasteiger partial charge < -0.3 is 17.7 Å². The first-order chi connectivity index (χ1) is 4.45. The van der Waals surface area contributed by atoms with Crippen LogP contribution in [0.15, 0.2) is 0 Å². The van der Waals surface area contributed by atoms with E-state index in [0.29, 0.717) is 6.42 Å². The molecule has 0 N–H and O–H groups in total. The summed E-state index contributed by atoms with van der Waals surface area (Å²) < 4.78 is 38.9. The first-order valence-electron chi connectivity index (χ1n) is 3.28. The van der Waals surface area contributed by atoms with Crippen molar-refractivity contribution >= 4 is 6.98 Å². The molecule has 0 saturated carbocycles. The Kier molecular flexibility index (Phi) is 9.39. The van der Waals surface area contributed by atoms with E-state index in [1.54, 1.807) is 13.8 Å². The van der Waals surface area contributed by atoms with Crippen molar-refractivity contribution in [2.75, 3.05) is 6.51 Å². The molecule has 0 amide bonds. The van der Waals surface area contributed by atoms with Gasteiger partial charge in [0, 0.05) is 6.51 Å². The third kappa shape index (κ3) is 11.5. The van der Waals surface area contributed by atoms with Crippen LogP contribution in [0, 0.1) is 0 Å². The Labute approximate surface area is 108 Å². The summed E-state index contributed by atoms with van der Waals surface area (Å²) in [5.74, 6) is 0. The normalized spacial score (nSPS) is 13.9. The molecular formula is C5H11BF3KO. The van der Waals surface area contributed by atoms with Crippen LogP contribution in [0.3, 0.4) is 0 Å². The molecule has 0 aliphatic heterocycles. The minimum Gasteiger partial charge on any atom is -0.447 e. The zero-order valence-corrected chi connectivity index (χ0v) is 10.2. The van der Waals surface area contributed by atoms with Gasteiger partial charge in [-0.05, 0) is 13.3 Å². The monoisotopic (exact) mass is 194 g/mol. The summed E-state index contributed by atoms with van der Waals surface area (Å²) in [6, 6.07) is 0. The molecule has 11 heavy (non-hydrogen) atoms. The average Bonchev–Trinajstić information content (AvgIpc) is 1.81. The van der Waals surface area contributed by atoms with Crippen LogP contribution in [0.2, 0.25) is 0 Å². The molecule has 1 atom stereocenters. The molecule has 6 heteroatoms. The minimum atomic E-state index is -4.76. The number of hydrogen-bond acceptors (Lipinski definition) is 1. The minimum absolute atomic E-state index is 0. The molecular weight excluding hydrogens is 183 g/mol. The van der Waals surface area contributed by atoms with Crippen LogP contribution in [0.5, 0.6) is 0 Å². The zero-order valence-electron chi connectivity index (χ0n) is 7.11. The van der Waals surface area contributed by atoms with Gasteiger partial charge >= 0.3 is 58.4 Å². The molecule has 0 aliphatic rings. The Morgan fingerprint density at radius 2 is 1.82 bits per heavy atom. The van der Waals surface area contributed by atoms with Crippen molar-refractivity contribution in [2.24, 2.45) is 0 Å². The number of hydrogen-bond donors (Lipinski definition) is 0. The Bertz CT molecular complexity index is 98.2. The summed E-state index contributed by atoms with van der Waals surface area (Å²) in [6.07, 6.45) is 0.329. The Morgan fingerprint density at radius 3 is 2.09 bits per heavy atom. The maximum atomic E-state index is 11.5. The molecule has 1 nitrogen and oxygen atoms in total. The molecule has 1 unspecified atom stereocenters. The molecule has 0 heterocycles. The second kappa shape index (κ2) is 6.91. The fourth-order valence-electron chi connectivity index (χ4n) is 0.391. The molecule has 0 bridgehead atoms. The molecule has 0 aromatic heterocycles. The van der Waals surface area contributed by atoms with E-state index in [-0.39, 0.29) is 57.5 Å². The summed E-state index contributed by atoms with van der Waals surface area (Å²) >= 11 is 0. The third-order valence-electron chi connectivity index (χ3n) is 1.14. The summed E-state index contributed by atoms with van der Waals surface area (Å²) in [5, 5.41) is 0. The Hall–Kier alpha value is 1.45. The van der Waals surface area contributed by atoms with Crippen LogP contribution in [-0.2, 0) is 4.74 Å². The predicted octanol–water partition coefficient (Wildman–Crippen LogP) is -0.808. The van der Waals surface area contributed by atoms with Crippen molar-refractivity contribution < 1.29 is 69.1 Å². The number of rotatable bonds is 4. The van der Waals surface area contributed by atoms with E-state index >= 15 is 0 Å². The standard InChI is InChI=1S/C5H11BF3O.K/c1-3-5(2)10-4-6(7,8)9;/h5H,3-4H2,1-2H3;/q-1;+1. The van der Waals surface area contributed by atoms with E-state index in [9.17, 15) is 12.9 Å². The molecule has 0 saturated heterocycles. The maximum absolute atomic E-state index is 11.5. The van der Waals surface area contributed by atoms with Gasteiger partial charge in [0.2, 0.25) is 0 Å². The smallest absolute Gasteiger partial charge is 0.447 e. The van der Waals surface area contributed by atoms with Crippen molar-refractivity contribution in [3.63, 3.8) is 0 Å². The average molecular weight is 194 g/mol. The van der Waals surface area contributed by atoms with Crippen LogP contribution < -0.4 is 51.4 Å². The van der Waals surface area contributed by atoms with Gasteiger partial charge in [-0.15, -0.1) is 0 Å². The second-order valence-corrected chi connectivity index (χ2v) is 2.26. The van der Waals surface area contributed by atoms with Crippen molar-refractivity contribution in [3.05, 3.63) is 0 Å². The van der Waals surface area contributed by atoms with Crippen LogP contribution in [0.4, 0.5) is 12.9 Å². The van der Waals surface area contributed by atoms with Crippen LogP contribution in [0.1, 0.15) is 20.3 Å². The molecule has 0 rings (SSSR count). The topological polar surface area (TPSA) is 9.23 Å². The maximum Gasteiger partial charge on any atom is 1.00 e.